The molecular formula is C17H24N2O2. The van der Waals surface area contributed by atoms with Gasteiger partial charge in [-0.15, -0.1) is 0 Å². The van der Waals surface area contributed by atoms with Gasteiger partial charge in [-0.2, -0.15) is 0 Å². The van der Waals surface area contributed by atoms with Gasteiger partial charge in [-0.3, -0.25) is 9.59 Å². The summed E-state index contributed by atoms with van der Waals surface area (Å²) in [6.45, 7) is 6.35. The van der Waals surface area contributed by atoms with E-state index in [9.17, 15) is 9.59 Å². The van der Waals surface area contributed by atoms with Crippen LogP contribution in [0.25, 0.3) is 0 Å². The van der Waals surface area contributed by atoms with Gasteiger partial charge in [0.1, 0.15) is 0 Å². The molecule has 21 heavy (non-hydrogen) atoms. The van der Waals surface area contributed by atoms with E-state index in [1.54, 1.807) is 6.07 Å². The van der Waals surface area contributed by atoms with Gasteiger partial charge in [-0.1, -0.05) is 18.9 Å². The first kappa shape index (κ1) is 15.5. The number of anilines is 1. The van der Waals surface area contributed by atoms with Gasteiger partial charge < -0.3 is 10.2 Å². The first-order valence-corrected chi connectivity index (χ1v) is 7.68. The molecule has 1 aromatic carbocycles. The first-order valence-electron chi connectivity index (χ1n) is 7.68. The smallest absolute Gasteiger partial charge is 0.254 e. The minimum atomic E-state index is -0.125. The number of hydrogen-bond donors (Lipinski definition) is 1. The lowest BCUT2D eigenvalue weighted by atomic mass is 10.0. The van der Waals surface area contributed by atoms with Crippen molar-refractivity contribution in [2.24, 2.45) is 0 Å². The lowest BCUT2D eigenvalue weighted by molar-refractivity contribution is -0.114. The van der Waals surface area contributed by atoms with Crippen molar-refractivity contribution in [2.75, 3.05) is 11.9 Å². The highest BCUT2D eigenvalue weighted by Crippen LogP contribution is 2.22. The Morgan fingerprint density at radius 2 is 2.00 bits per heavy atom. The maximum atomic E-state index is 12.8. The van der Waals surface area contributed by atoms with Gasteiger partial charge in [0.2, 0.25) is 5.91 Å². The summed E-state index contributed by atoms with van der Waals surface area (Å²) >= 11 is 0. The molecule has 114 valence electrons. The summed E-state index contributed by atoms with van der Waals surface area (Å²) in [5, 5.41) is 2.74. The molecule has 1 aromatic rings. The first-order chi connectivity index (χ1) is 9.99. The van der Waals surface area contributed by atoms with Crippen molar-refractivity contribution >= 4 is 17.5 Å². The topological polar surface area (TPSA) is 49.4 Å². The van der Waals surface area contributed by atoms with Crippen molar-refractivity contribution in [1.29, 1.82) is 0 Å². The maximum Gasteiger partial charge on any atom is 0.254 e. The molecule has 1 aliphatic rings. The average molecular weight is 288 g/mol. The Balaban J connectivity index is 2.26. The van der Waals surface area contributed by atoms with E-state index in [1.807, 2.05) is 24.0 Å². The summed E-state index contributed by atoms with van der Waals surface area (Å²) in [5.74, 6) is -0.0468. The Hall–Kier alpha value is -1.84. The zero-order chi connectivity index (χ0) is 15.4. The number of rotatable bonds is 2. The molecule has 0 spiro atoms. The van der Waals surface area contributed by atoms with Gasteiger partial charge in [0.25, 0.3) is 5.91 Å². The fourth-order valence-electron chi connectivity index (χ4n) is 2.86. The third kappa shape index (κ3) is 3.84. The summed E-state index contributed by atoms with van der Waals surface area (Å²) in [7, 11) is 0. The van der Waals surface area contributed by atoms with Crippen molar-refractivity contribution in [3.8, 4) is 0 Å². The molecule has 0 aliphatic carbocycles. The molecule has 4 nitrogen and oxygen atoms in total. The molecule has 1 N–H and O–H groups in total. The second-order valence-electron chi connectivity index (χ2n) is 5.91. The van der Waals surface area contributed by atoms with Gasteiger partial charge in [0.15, 0.2) is 0 Å². The molecule has 0 unspecified atom stereocenters. The largest absolute Gasteiger partial charge is 0.336 e. The zero-order valence-corrected chi connectivity index (χ0v) is 13.1. The standard InChI is InChI=1S/C17H24N2O2/c1-12-8-9-15(18-14(3)20)11-16(12)17(21)19-10-6-4-5-7-13(19)2/h8-9,11,13H,4-7,10H2,1-3H3,(H,18,20)/t13-/m0/s1. The third-order valence-electron chi connectivity index (χ3n) is 4.10. The van der Waals surface area contributed by atoms with Crippen LogP contribution in [-0.2, 0) is 4.79 Å². The number of carbonyl (C=O) groups is 2. The van der Waals surface area contributed by atoms with E-state index in [1.165, 1.54) is 19.8 Å². The minimum Gasteiger partial charge on any atom is -0.336 e. The van der Waals surface area contributed by atoms with Crippen molar-refractivity contribution in [1.82, 2.24) is 4.90 Å². The maximum absolute atomic E-state index is 12.8. The quantitative estimate of drug-likeness (QED) is 0.907. The molecule has 0 saturated carbocycles. The zero-order valence-electron chi connectivity index (χ0n) is 13.1. The molecule has 1 heterocycles. The lowest BCUT2D eigenvalue weighted by Gasteiger charge is -2.28. The fraction of sp³-hybridized carbons (Fsp3) is 0.529. The van der Waals surface area contributed by atoms with Crippen molar-refractivity contribution in [3.05, 3.63) is 29.3 Å². The van der Waals surface area contributed by atoms with E-state index in [-0.39, 0.29) is 17.9 Å². The van der Waals surface area contributed by atoms with E-state index in [0.717, 1.165) is 24.9 Å². The molecule has 1 fully saturated rings. The van der Waals surface area contributed by atoms with Crippen LogP contribution in [0.5, 0.6) is 0 Å². The molecule has 1 atom stereocenters. The van der Waals surface area contributed by atoms with Crippen LogP contribution >= 0.6 is 0 Å². The molecular weight excluding hydrogens is 264 g/mol. The van der Waals surface area contributed by atoms with Crippen molar-refractivity contribution in [2.45, 2.75) is 52.5 Å². The molecule has 0 aromatic heterocycles. The second-order valence-corrected chi connectivity index (χ2v) is 5.91. The van der Waals surface area contributed by atoms with E-state index in [0.29, 0.717) is 11.3 Å². The van der Waals surface area contributed by atoms with Crippen LogP contribution < -0.4 is 5.32 Å². The second kappa shape index (κ2) is 6.74. The average Bonchev–Trinajstić information content (AvgIpc) is 2.64. The van der Waals surface area contributed by atoms with Gasteiger partial charge in [-0.05, 0) is 44.4 Å². The van der Waals surface area contributed by atoms with Gasteiger partial charge >= 0.3 is 0 Å². The van der Waals surface area contributed by atoms with Crippen LogP contribution in [0.2, 0.25) is 0 Å². The highest BCUT2D eigenvalue weighted by Gasteiger charge is 2.24. The Morgan fingerprint density at radius 3 is 2.71 bits per heavy atom. The number of amides is 2. The lowest BCUT2D eigenvalue weighted by Crippen LogP contribution is -2.38. The molecule has 4 heteroatoms. The summed E-state index contributed by atoms with van der Waals surface area (Å²) in [6.07, 6.45) is 4.52. The Kier molecular flexibility index (Phi) is 4.99. The van der Waals surface area contributed by atoms with Crippen LogP contribution in [0.3, 0.4) is 0 Å². The Bertz CT molecular complexity index is 540. The number of hydrogen-bond acceptors (Lipinski definition) is 2. The normalized spacial score (nSPS) is 19.0. The molecule has 1 saturated heterocycles. The monoisotopic (exact) mass is 288 g/mol. The molecule has 2 amide bonds. The number of benzene rings is 1. The summed E-state index contributed by atoms with van der Waals surface area (Å²) in [5.41, 5.74) is 2.32. The number of likely N-dealkylation sites (tertiary alicyclic amines) is 1. The van der Waals surface area contributed by atoms with Crippen LogP contribution in [0.1, 0.15) is 55.5 Å². The van der Waals surface area contributed by atoms with Crippen LogP contribution in [0, 0.1) is 6.92 Å². The predicted molar refractivity (Wildman–Crippen MR) is 84.4 cm³/mol. The van der Waals surface area contributed by atoms with Crippen LogP contribution in [-0.4, -0.2) is 29.3 Å². The summed E-state index contributed by atoms with van der Waals surface area (Å²) in [4.78, 5) is 26.0. The molecule has 1 aliphatic heterocycles. The van der Waals surface area contributed by atoms with E-state index in [2.05, 4.69) is 12.2 Å². The van der Waals surface area contributed by atoms with Gasteiger partial charge in [0, 0.05) is 30.8 Å². The van der Waals surface area contributed by atoms with Gasteiger partial charge in [-0.25, -0.2) is 0 Å². The Labute approximate surface area is 126 Å². The van der Waals surface area contributed by atoms with Crippen molar-refractivity contribution < 1.29 is 9.59 Å². The van der Waals surface area contributed by atoms with Crippen molar-refractivity contribution in [3.63, 3.8) is 0 Å². The summed E-state index contributed by atoms with van der Waals surface area (Å²) in [6, 6.07) is 5.79. The number of aryl methyl sites for hydroxylation is 1. The van der Waals surface area contributed by atoms with E-state index >= 15 is 0 Å². The molecule has 2 rings (SSSR count). The van der Waals surface area contributed by atoms with Crippen LogP contribution in [0.15, 0.2) is 18.2 Å². The van der Waals surface area contributed by atoms with Crippen LogP contribution in [0.4, 0.5) is 5.69 Å². The fourth-order valence-corrected chi connectivity index (χ4v) is 2.86. The van der Waals surface area contributed by atoms with E-state index in [4.69, 9.17) is 0 Å². The number of nitrogens with zero attached hydrogens (tertiary/aromatic N) is 1. The van der Waals surface area contributed by atoms with Gasteiger partial charge in [0.05, 0.1) is 0 Å². The minimum absolute atomic E-state index is 0.0779. The molecule has 0 bridgehead atoms. The van der Waals surface area contributed by atoms with E-state index < -0.39 is 0 Å². The Morgan fingerprint density at radius 1 is 1.24 bits per heavy atom. The predicted octanol–water partition coefficient (Wildman–Crippen LogP) is 3.36. The molecule has 0 radical (unpaired) electrons. The SMILES string of the molecule is CC(=O)Nc1ccc(C)c(C(=O)N2CCCCC[C@@H]2C)c1. The highest BCUT2D eigenvalue weighted by atomic mass is 16.2. The number of nitrogens with one attached hydrogen (secondary N) is 1. The third-order valence-corrected chi connectivity index (χ3v) is 4.10. The number of carbonyl (C=O) groups excluding carboxylic acids is 2. The highest BCUT2D eigenvalue weighted by molar-refractivity contribution is 5.98. The summed E-state index contributed by atoms with van der Waals surface area (Å²) < 4.78 is 0.